The van der Waals surface area contributed by atoms with E-state index in [0.29, 0.717) is 11.7 Å². The Hall–Kier alpha value is -1.11. The van der Waals surface area contributed by atoms with Crippen molar-refractivity contribution >= 4 is 5.78 Å². The third kappa shape index (κ3) is 2.18. The van der Waals surface area contributed by atoms with Crippen molar-refractivity contribution in [1.29, 1.82) is 0 Å². The Kier molecular flexibility index (Phi) is 3.42. The summed E-state index contributed by atoms with van der Waals surface area (Å²) in [6, 6.07) is 8.33. The molecule has 0 radical (unpaired) electrons. The van der Waals surface area contributed by atoms with Crippen LogP contribution in [0.4, 0.5) is 0 Å². The lowest BCUT2D eigenvalue weighted by molar-refractivity contribution is -0.121. The summed E-state index contributed by atoms with van der Waals surface area (Å²) in [4.78, 5) is 12.1. The van der Waals surface area contributed by atoms with Crippen LogP contribution in [-0.4, -0.2) is 5.78 Å². The molecule has 86 valence electrons. The van der Waals surface area contributed by atoms with Crippen molar-refractivity contribution in [2.75, 3.05) is 0 Å². The van der Waals surface area contributed by atoms with Crippen molar-refractivity contribution in [1.82, 2.24) is 0 Å². The van der Waals surface area contributed by atoms with Gasteiger partial charge in [0, 0.05) is 12.3 Å². The predicted molar refractivity (Wildman–Crippen MR) is 66.6 cm³/mol. The number of hydrogen-bond donors (Lipinski definition) is 0. The van der Waals surface area contributed by atoms with E-state index in [1.807, 2.05) is 6.07 Å². The number of fused-ring (bicyclic) bond motifs is 1. The second-order valence-corrected chi connectivity index (χ2v) is 5.02. The lowest BCUT2D eigenvalue weighted by atomic mass is 9.73. The zero-order chi connectivity index (χ0) is 11.5. The third-order valence-electron chi connectivity index (χ3n) is 3.57. The summed E-state index contributed by atoms with van der Waals surface area (Å²) >= 11 is 0. The highest BCUT2D eigenvalue weighted by molar-refractivity contribution is 5.88. The summed E-state index contributed by atoms with van der Waals surface area (Å²) in [5.74, 6) is 1.19. The Labute approximate surface area is 97.9 Å². The van der Waals surface area contributed by atoms with Crippen LogP contribution in [0.3, 0.4) is 0 Å². The normalized spacial score (nSPS) is 19.8. The van der Waals surface area contributed by atoms with Crippen LogP contribution in [0.2, 0.25) is 0 Å². The molecule has 0 aliphatic heterocycles. The average Bonchev–Trinajstić information content (AvgIpc) is 2.20. The number of rotatable bonds is 5. The first-order valence-electron chi connectivity index (χ1n) is 6.33. The minimum absolute atomic E-state index is 0.204. The van der Waals surface area contributed by atoms with Crippen molar-refractivity contribution in [3.63, 3.8) is 0 Å². The number of Topliss-reactive ketones (excluding diaryl/α,β-unsaturated/α-hetero) is 1. The quantitative estimate of drug-likeness (QED) is 0.733. The van der Waals surface area contributed by atoms with Gasteiger partial charge < -0.3 is 0 Å². The Bertz CT molecular complexity index is 381. The van der Waals surface area contributed by atoms with E-state index in [2.05, 4.69) is 32.0 Å². The van der Waals surface area contributed by atoms with Gasteiger partial charge in [-0.05, 0) is 23.5 Å². The first-order chi connectivity index (χ1) is 7.72. The lowest BCUT2D eigenvalue weighted by Gasteiger charge is -2.29. The van der Waals surface area contributed by atoms with Crippen LogP contribution in [0.1, 0.15) is 50.2 Å². The third-order valence-corrected chi connectivity index (χ3v) is 3.57. The molecular formula is C15H20O. The van der Waals surface area contributed by atoms with E-state index < -0.39 is 0 Å². The van der Waals surface area contributed by atoms with E-state index in [0.717, 1.165) is 12.8 Å². The summed E-state index contributed by atoms with van der Waals surface area (Å²) in [6.45, 7) is 4.37. The van der Waals surface area contributed by atoms with Crippen molar-refractivity contribution in [3.8, 4) is 0 Å². The van der Waals surface area contributed by atoms with Gasteiger partial charge in [0.05, 0.1) is 0 Å². The van der Waals surface area contributed by atoms with Gasteiger partial charge in [-0.15, -0.1) is 0 Å². The fraction of sp³-hybridized carbons (Fsp3) is 0.533. The van der Waals surface area contributed by atoms with Crippen LogP contribution < -0.4 is 0 Å². The minimum Gasteiger partial charge on any atom is -0.299 e. The first-order valence-corrected chi connectivity index (χ1v) is 6.33. The molecule has 0 N–H and O–H groups in total. The summed E-state index contributed by atoms with van der Waals surface area (Å²) in [5.41, 5.74) is 2.64. The molecule has 0 heterocycles. The van der Waals surface area contributed by atoms with Gasteiger partial charge in [-0.1, -0.05) is 51.0 Å². The molecule has 2 rings (SSSR count). The monoisotopic (exact) mass is 216 g/mol. The van der Waals surface area contributed by atoms with Crippen molar-refractivity contribution in [2.45, 2.75) is 45.4 Å². The van der Waals surface area contributed by atoms with E-state index >= 15 is 0 Å². The van der Waals surface area contributed by atoms with E-state index in [-0.39, 0.29) is 5.92 Å². The largest absolute Gasteiger partial charge is 0.299 e. The van der Waals surface area contributed by atoms with E-state index in [1.54, 1.807) is 0 Å². The van der Waals surface area contributed by atoms with Crippen molar-refractivity contribution in [2.24, 2.45) is 5.92 Å². The average molecular weight is 216 g/mol. The fourth-order valence-electron chi connectivity index (χ4n) is 2.63. The van der Waals surface area contributed by atoms with Gasteiger partial charge in [0.15, 0.2) is 0 Å². The van der Waals surface area contributed by atoms with Gasteiger partial charge in [-0.25, -0.2) is 0 Å². The molecule has 0 aromatic heterocycles. The molecule has 1 nitrogen and oxygen atoms in total. The number of carbonyl (C=O) groups excluding carboxylic acids is 1. The van der Waals surface area contributed by atoms with Crippen LogP contribution in [0.5, 0.6) is 0 Å². The van der Waals surface area contributed by atoms with Gasteiger partial charge in [-0.3, -0.25) is 4.79 Å². The topological polar surface area (TPSA) is 17.1 Å². The molecule has 0 fully saturated rings. The number of carbonyl (C=O) groups is 1. The van der Waals surface area contributed by atoms with Gasteiger partial charge in [0.1, 0.15) is 5.78 Å². The molecule has 1 aliphatic rings. The molecule has 1 heteroatoms. The van der Waals surface area contributed by atoms with Crippen LogP contribution >= 0.6 is 0 Å². The smallest absolute Gasteiger partial charge is 0.140 e. The van der Waals surface area contributed by atoms with Gasteiger partial charge in [-0.2, -0.15) is 0 Å². The van der Waals surface area contributed by atoms with E-state index in [1.165, 1.54) is 24.0 Å². The SMILES string of the molecule is CCCC(C)CC(=O)C1Cc2ccccc21. The molecule has 2 unspecified atom stereocenters. The number of hydrogen-bond acceptors (Lipinski definition) is 1. The Morgan fingerprint density at radius 3 is 2.88 bits per heavy atom. The summed E-state index contributed by atoms with van der Waals surface area (Å²) in [6.07, 6.45) is 4.07. The van der Waals surface area contributed by atoms with Gasteiger partial charge in [0.25, 0.3) is 0 Å². The maximum absolute atomic E-state index is 12.1. The molecule has 1 aliphatic carbocycles. The maximum atomic E-state index is 12.1. The highest BCUT2D eigenvalue weighted by Gasteiger charge is 2.31. The summed E-state index contributed by atoms with van der Waals surface area (Å²) in [7, 11) is 0. The standard InChI is InChI=1S/C15H20O/c1-3-6-11(2)9-15(16)14-10-12-7-4-5-8-13(12)14/h4-5,7-8,11,14H,3,6,9-10H2,1-2H3. The van der Waals surface area contributed by atoms with Crippen LogP contribution in [0.15, 0.2) is 24.3 Å². The lowest BCUT2D eigenvalue weighted by Crippen LogP contribution is -2.26. The van der Waals surface area contributed by atoms with Crippen LogP contribution in [-0.2, 0) is 11.2 Å². The fourth-order valence-corrected chi connectivity index (χ4v) is 2.63. The summed E-state index contributed by atoms with van der Waals surface area (Å²) < 4.78 is 0. The molecule has 16 heavy (non-hydrogen) atoms. The molecule has 0 amide bonds. The second kappa shape index (κ2) is 4.82. The van der Waals surface area contributed by atoms with Crippen LogP contribution in [0.25, 0.3) is 0 Å². The Morgan fingerprint density at radius 2 is 2.19 bits per heavy atom. The molecule has 0 saturated heterocycles. The number of benzene rings is 1. The molecule has 1 aromatic rings. The predicted octanol–water partition coefficient (Wildman–Crippen LogP) is 3.72. The number of ketones is 1. The highest BCUT2D eigenvalue weighted by atomic mass is 16.1. The first kappa shape index (κ1) is 11.4. The maximum Gasteiger partial charge on any atom is 0.140 e. The molecule has 0 saturated carbocycles. The zero-order valence-electron chi connectivity index (χ0n) is 10.2. The minimum atomic E-state index is 0.204. The summed E-state index contributed by atoms with van der Waals surface area (Å²) in [5, 5.41) is 0. The molecular weight excluding hydrogens is 196 g/mol. The van der Waals surface area contributed by atoms with E-state index in [9.17, 15) is 4.79 Å². The second-order valence-electron chi connectivity index (χ2n) is 5.02. The highest BCUT2D eigenvalue weighted by Crippen LogP contribution is 2.36. The Morgan fingerprint density at radius 1 is 1.44 bits per heavy atom. The van der Waals surface area contributed by atoms with E-state index in [4.69, 9.17) is 0 Å². The molecule has 1 aromatic carbocycles. The molecule has 0 bridgehead atoms. The molecule has 0 spiro atoms. The van der Waals surface area contributed by atoms with Gasteiger partial charge in [0.2, 0.25) is 0 Å². The van der Waals surface area contributed by atoms with Crippen LogP contribution in [0, 0.1) is 5.92 Å². The van der Waals surface area contributed by atoms with Crippen molar-refractivity contribution in [3.05, 3.63) is 35.4 Å². The zero-order valence-corrected chi connectivity index (χ0v) is 10.2. The van der Waals surface area contributed by atoms with Crippen molar-refractivity contribution < 1.29 is 4.79 Å². The Balaban J connectivity index is 1.94. The molecule has 2 atom stereocenters. The van der Waals surface area contributed by atoms with Gasteiger partial charge >= 0.3 is 0 Å².